The molecule has 21 heavy (non-hydrogen) atoms. The molecule has 2 amide bonds. The van der Waals surface area contributed by atoms with Gasteiger partial charge in [0.25, 0.3) is 0 Å². The first-order valence-electron chi connectivity index (χ1n) is 7.49. The summed E-state index contributed by atoms with van der Waals surface area (Å²) in [6, 6.07) is 2.05. The molecule has 0 aliphatic carbocycles. The number of nitrogens with one attached hydrogen (secondary N) is 1. The molecule has 1 aliphatic heterocycles. The number of carbonyl (C=O) groups excluding carboxylic acids is 2. The molecule has 1 unspecified atom stereocenters. The maximum Gasteiger partial charge on any atom is 0.245 e. The van der Waals surface area contributed by atoms with Gasteiger partial charge in [-0.3, -0.25) is 9.59 Å². The number of thiophene rings is 1. The lowest BCUT2D eigenvalue weighted by Crippen LogP contribution is -2.56. The number of nitrogens with zero attached hydrogens (tertiary/aromatic N) is 1. The van der Waals surface area contributed by atoms with Crippen LogP contribution in [0.4, 0.5) is 0 Å². The van der Waals surface area contributed by atoms with E-state index in [-0.39, 0.29) is 17.7 Å². The standard InChI is InChI=1S/C16H24N2O2S/c1-11(2)14(19)18-8-5-7-16(18,4)15(20)17-10-13-12(3)6-9-21-13/h6,9,11H,5,7-8,10H2,1-4H3,(H,17,20). The van der Waals surface area contributed by atoms with E-state index in [0.29, 0.717) is 13.1 Å². The second-order valence-corrected chi connectivity index (χ2v) is 7.23. The largest absolute Gasteiger partial charge is 0.349 e. The molecule has 2 rings (SSSR count). The summed E-state index contributed by atoms with van der Waals surface area (Å²) >= 11 is 1.65. The maximum atomic E-state index is 12.6. The van der Waals surface area contributed by atoms with Crippen molar-refractivity contribution in [1.82, 2.24) is 10.2 Å². The molecular formula is C16H24N2O2S. The molecule has 0 bridgehead atoms. The quantitative estimate of drug-likeness (QED) is 0.930. The molecule has 2 heterocycles. The summed E-state index contributed by atoms with van der Waals surface area (Å²) in [6.45, 7) is 8.92. The average Bonchev–Trinajstić information content (AvgIpc) is 3.02. The molecule has 0 saturated carbocycles. The molecule has 0 radical (unpaired) electrons. The summed E-state index contributed by atoms with van der Waals surface area (Å²) in [5, 5.41) is 5.04. The highest BCUT2D eigenvalue weighted by atomic mass is 32.1. The molecule has 5 heteroatoms. The molecule has 1 saturated heterocycles. The van der Waals surface area contributed by atoms with Crippen molar-refractivity contribution in [1.29, 1.82) is 0 Å². The van der Waals surface area contributed by atoms with E-state index in [9.17, 15) is 9.59 Å². The topological polar surface area (TPSA) is 49.4 Å². The fourth-order valence-electron chi connectivity index (χ4n) is 2.80. The number of rotatable bonds is 4. The highest BCUT2D eigenvalue weighted by Crippen LogP contribution is 2.31. The lowest BCUT2D eigenvalue weighted by atomic mass is 9.96. The van der Waals surface area contributed by atoms with Crippen LogP contribution in [0.15, 0.2) is 11.4 Å². The molecule has 1 aromatic rings. The number of hydrogen-bond acceptors (Lipinski definition) is 3. The van der Waals surface area contributed by atoms with Gasteiger partial charge in [0.2, 0.25) is 11.8 Å². The SMILES string of the molecule is Cc1ccsc1CNC(=O)C1(C)CCCN1C(=O)C(C)C. The van der Waals surface area contributed by atoms with Crippen molar-refractivity contribution in [3.8, 4) is 0 Å². The van der Waals surface area contributed by atoms with Crippen molar-refractivity contribution in [3.05, 3.63) is 21.9 Å². The van der Waals surface area contributed by atoms with Crippen LogP contribution in [0.2, 0.25) is 0 Å². The van der Waals surface area contributed by atoms with E-state index in [4.69, 9.17) is 0 Å². The van der Waals surface area contributed by atoms with Gasteiger partial charge in [-0.05, 0) is 43.7 Å². The molecule has 4 nitrogen and oxygen atoms in total. The van der Waals surface area contributed by atoms with Gasteiger partial charge in [0.15, 0.2) is 0 Å². The van der Waals surface area contributed by atoms with Crippen molar-refractivity contribution in [2.75, 3.05) is 6.54 Å². The molecule has 1 fully saturated rings. The minimum absolute atomic E-state index is 0.0400. The van der Waals surface area contributed by atoms with Crippen LogP contribution in [-0.4, -0.2) is 28.8 Å². The normalized spacial score (nSPS) is 21.9. The van der Waals surface area contributed by atoms with Crippen LogP contribution in [0.1, 0.15) is 44.1 Å². The minimum atomic E-state index is -0.702. The molecule has 1 aromatic heterocycles. The van der Waals surface area contributed by atoms with Crippen LogP contribution < -0.4 is 5.32 Å². The highest BCUT2D eigenvalue weighted by Gasteiger charge is 2.45. The van der Waals surface area contributed by atoms with Crippen LogP contribution in [-0.2, 0) is 16.1 Å². The van der Waals surface area contributed by atoms with Crippen LogP contribution in [0, 0.1) is 12.8 Å². The lowest BCUT2D eigenvalue weighted by molar-refractivity contribution is -0.146. The first kappa shape index (κ1) is 16.0. The zero-order chi connectivity index (χ0) is 15.6. The third-order valence-corrected chi connectivity index (χ3v) is 5.29. The average molecular weight is 308 g/mol. The van der Waals surface area contributed by atoms with E-state index in [1.807, 2.05) is 33.1 Å². The summed E-state index contributed by atoms with van der Waals surface area (Å²) in [4.78, 5) is 27.8. The van der Waals surface area contributed by atoms with Gasteiger partial charge in [-0.1, -0.05) is 13.8 Å². The minimum Gasteiger partial charge on any atom is -0.349 e. The molecule has 0 aromatic carbocycles. The van der Waals surface area contributed by atoms with Gasteiger partial charge < -0.3 is 10.2 Å². The van der Waals surface area contributed by atoms with Crippen LogP contribution in [0.3, 0.4) is 0 Å². The van der Waals surface area contributed by atoms with Gasteiger partial charge in [0, 0.05) is 17.3 Å². The van der Waals surface area contributed by atoms with Crippen LogP contribution in [0.25, 0.3) is 0 Å². The van der Waals surface area contributed by atoms with Gasteiger partial charge in [-0.2, -0.15) is 0 Å². The van der Waals surface area contributed by atoms with Crippen molar-refractivity contribution in [2.45, 2.75) is 52.6 Å². The second kappa shape index (κ2) is 6.18. The number of aryl methyl sites for hydroxylation is 1. The van der Waals surface area contributed by atoms with Crippen LogP contribution in [0.5, 0.6) is 0 Å². The van der Waals surface area contributed by atoms with E-state index >= 15 is 0 Å². The van der Waals surface area contributed by atoms with Gasteiger partial charge in [-0.25, -0.2) is 0 Å². The molecule has 1 aliphatic rings. The summed E-state index contributed by atoms with van der Waals surface area (Å²) in [6.07, 6.45) is 1.63. The zero-order valence-corrected chi connectivity index (χ0v) is 14.0. The Kier molecular flexibility index (Phi) is 4.71. The van der Waals surface area contributed by atoms with Crippen LogP contribution >= 0.6 is 11.3 Å². The van der Waals surface area contributed by atoms with Crippen molar-refractivity contribution in [3.63, 3.8) is 0 Å². The first-order valence-corrected chi connectivity index (χ1v) is 8.37. The predicted octanol–water partition coefficient (Wildman–Crippen LogP) is 2.71. The van der Waals surface area contributed by atoms with E-state index in [1.165, 1.54) is 10.4 Å². The van der Waals surface area contributed by atoms with Gasteiger partial charge in [-0.15, -0.1) is 11.3 Å². The van der Waals surface area contributed by atoms with Crippen molar-refractivity contribution in [2.24, 2.45) is 5.92 Å². The summed E-state index contributed by atoms with van der Waals surface area (Å²) < 4.78 is 0. The van der Waals surface area contributed by atoms with Gasteiger partial charge in [0.05, 0.1) is 6.54 Å². The molecule has 1 N–H and O–H groups in total. The first-order chi connectivity index (χ1) is 9.86. The number of hydrogen-bond donors (Lipinski definition) is 1. The lowest BCUT2D eigenvalue weighted by Gasteiger charge is -2.35. The van der Waals surface area contributed by atoms with Gasteiger partial charge >= 0.3 is 0 Å². The Hall–Kier alpha value is -1.36. The molecule has 0 spiro atoms. The number of likely N-dealkylation sites (tertiary alicyclic amines) is 1. The Morgan fingerprint density at radius 2 is 2.19 bits per heavy atom. The third kappa shape index (κ3) is 3.12. The molecular weight excluding hydrogens is 284 g/mol. The number of carbonyl (C=O) groups is 2. The third-order valence-electron chi connectivity index (χ3n) is 4.27. The van der Waals surface area contributed by atoms with Crippen molar-refractivity contribution < 1.29 is 9.59 Å². The fourth-order valence-corrected chi connectivity index (χ4v) is 3.65. The highest BCUT2D eigenvalue weighted by molar-refractivity contribution is 7.10. The Labute approximate surface area is 130 Å². The van der Waals surface area contributed by atoms with Crippen molar-refractivity contribution >= 4 is 23.2 Å². The Morgan fingerprint density at radius 3 is 2.76 bits per heavy atom. The Bertz CT molecular complexity index is 538. The smallest absolute Gasteiger partial charge is 0.245 e. The molecule has 1 atom stereocenters. The maximum absolute atomic E-state index is 12.6. The Morgan fingerprint density at radius 1 is 1.48 bits per heavy atom. The molecule has 116 valence electrons. The van der Waals surface area contributed by atoms with E-state index in [0.717, 1.165) is 12.8 Å². The van der Waals surface area contributed by atoms with E-state index in [1.54, 1.807) is 16.2 Å². The predicted molar refractivity (Wildman–Crippen MR) is 85.1 cm³/mol. The number of amides is 2. The summed E-state index contributed by atoms with van der Waals surface area (Å²) in [5.74, 6) is -0.0472. The monoisotopic (exact) mass is 308 g/mol. The summed E-state index contributed by atoms with van der Waals surface area (Å²) in [7, 11) is 0. The summed E-state index contributed by atoms with van der Waals surface area (Å²) in [5.41, 5.74) is 0.499. The Balaban J connectivity index is 2.06. The van der Waals surface area contributed by atoms with Gasteiger partial charge in [0.1, 0.15) is 5.54 Å². The van der Waals surface area contributed by atoms with E-state index in [2.05, 4.69) is 11.4 Å². The zero-order valence-electron chi connectivity index (χ0n) is 13.2. The van der Waals surface area contributed by atoms with E-state index < -0.39 is 5.54 Å². The fraction of sp³-hybridized carbons (Fsp3) is 0.625. The second-order valence-electron chi connectivity index (χ2n) is 6.23.